The highest BCUT2D eigenvalue weighted by Crippen LogP contribution is 2.62. The molecule has 3 amide bonds. The molecule has 0 bridgehead atoms. The number of nitrogens with zero attached hydrogens (tertiary/aromatic N) is 2. The number of phenols is 2. The number of likely N-dealkylation sites (N-methyl/N-ethyl adjacent to an activating group) is 1. The summed E-state index contributed by atoms with van der Waals surface area (Å²) in [5.41, 5.74) is 2.65. The lowest BCUT2D eigenvalue weighted by Gasteiger charge is -2.38. The molecular formula is C60H64Cl2N4O11. The lowest BCUT2D eigenvalue weighted by molar-refractivity contribution is -0.126. The van der Waals surface area contributed by atoms with Crippen molar-refractivity contribution >= 4 is 69.3 Å². The van der Waals surface area contributed by atoms with Crippen LogP contribution in [-0.2, 0) is 39.5 Å². The number of phenolic OH excluding ortho intramolecular Hbond substituents is 1. The molecule has 6 aromatic rings. The second kappa shape index (κ2) is 23.7. The maximum absolute atomic E-state index is 14.0. The van der Waals surface area contributed by atoms with Gasteiger partial charge in [-0.05, 0) is 112 Å². The van der Waals surface area contributed by atoms with E-state index in [2.05, 4.69) is 29.7 Å². The van der Waals surface area contributed by atoms with Gasteiger partial charge in [-0.1, -0.05) is 92.2 Å². The fraction of sp³-hybridized carbons (Fsp3) is 0.383. The molecule has 0 saturated heterocycles. The molecule has 3 heterocycles. The third-order valence-corrected chi connectivity index (χ3v) is 16.1. The predicted molar refractivity (Wildman–Crippen MR) is 294 cm³/mol. The van der Waals surface area contributed by atoms with Crippen LogP contribution in [0, 0.1) is 11.8 Å². The SMILES string of the molecule is CCc1cccc(N(CC)C(=O)Cn2c(C(=O)CC3CCC(C(=O)NCCCCCCCCNC(=O)c4ccc5c(c4)C(=O)OC54c5cc(CO)c(O)c(Cl)c5Oc5c4cc(OC)c(O)c5Cl)CC3)cc3ccccc32)c1. The Morgan fingerprint density at radius 3 is 2.18 bits per heavy atom. The molecule has 1 aliphatic carbocycles. The number of unbranched alkanes of at least 4 members (excludes halogenated alkanes) is 5. The standard InChI is InChI=1S/C60H64Cl2N4O11/c1-4-35-15-14-17-41(27-35)65(5-2)50(69)33-66-46-18-11-10-16-38(46)31-47(66)48(68)28-36-19-21-37(22-20-36)57(72)63-25-12-8-6-7-9-13-26-64-58(73)39-23-24-43-42(29-39)59(74)77-60(43)44-30-40(34-67)53(70)51(61)55(44)76-56-45(60)32-49(75-3)54(71)52(56)62/h10-11,14-18,23-24,27,29-32,36-37,67,70-71H,4-9,12-13,19-22,25-26,28,33-34H2,1-3H3,(H,63,72)(H,64,73). The summed E-state index contributed by atoms with van der Waals surface area (Å²) in [7, 11) is 1.33. The number of aliphatic hydroxyl groups is 1. The molecule has 77 heavy (non-hydrogen) atoms. The van der Waals surface area contributed by atoms with E-state index in [-0.39, 0.29) is 97.0 Å². The third kappa shape index (κ3) is 10.8. The van der Waals surface area contributed by atoms with E-state index in [1.54, 1.807) is 17.0 Å². The Labute approximate surface area is 457 Å². The van der Waals surface area contributed by atoms with Gasteiger partial charge in [-0.25, -0.2) is 4.79 Å². The first-order valence-corrected chi connectivity index (χ1v) is 27.4. The number of hydrogen-bond donors (Lipinski definition) is 5. The van der Waals surface area contributed by atoms with Gasteiger partial charge in [0.2, 0.25) is 11.8 Å². The minimum absolute atomic E-state index is 0.0190. The molecule has 1 fully saturated rings. The van der Waals surface area contributed by atoms with Gasteiger partial charge in [-0.15, -0.1) is 0 Å². The van der Waals surface area contributed by atoms with E-state index in [0.717, 1.165) is 92.8 Å². The van der Waals surface area contributed by atoms with Crippen LogP contribution >= 0.6 is 23.2 Å². The molecule has 1 saturated carbocycles. The number of ketones is 1. The number of aromatic nitrogens is 1. The number of carbonyl (C=O) groups excluding carboxylic acids is 5. The molecule has 1 unspecified atom stereocenters. The molecular weight excluding hydrogens is 1020 g/mol. The molecule has 404 valence electrons. The highest BCUT2D eigenvalue weighted by molar-refractivity contribution is 6.35. The number of aliphatic hydroxyl groups excluding tert-OH is 1. The third-order valence-electron chi connectivity index (χ3n) is 15.4. The zero-order chi connectivity index (χ0) is 54.5. The van der Waals surface area contributed by atoms with E-state index in [1.807, 2.05) is 54.0 Å². The first-order valence-electron chi connectivity index (χ1n) is 26.6. The highest BCUT2D eigenvalue weighted by Gasteiger charge is 2.56. The van der Waals surface area contributed by atoms with Crippen LogP contribution in [0.3, 0.4) is 0 Å². The Morgan fingerprint density at radius 1 is 0.792 bits per heavy atom. The number of ether oxygens (including phenoxy) is 3. The average molecular weight is 1090 g/mol. The number of Topliss-reactive ketones (excluding diaryl/α,β-unsaturated/α-hetero) is 1. The molecule has 1 aromatic heterocycles. The van der Waals surface area contributed by atoms with Crippen LogP contribution in [0.5, 0.6) is 28.7 Å². The summed E-state index contributed by atoms with van der Waals surface area (Å²) in [5, 5.41) is 38.1. The van der Waals surface area contributed by atoms with E-state index in [1.165, 1.54) is 25.3 Å². The molecule has 1 spiro atoms. The van der Waals surface area contributed by atoms with Gasteiger partial charge in [0.25, 0.3) is 5.91 Å². The summed E-state index contributed by atoms with van der Waals surface area (Å²) in [6.45, 7) is 5.05. The number of esters is 1. The molecule has 2 aliphatic heterocycles. The van der Waals surface area contributed by atoms with Crippen molar-refractivity contribution in [3.05, 3.63) is 140 Å². The quantitative estimate of drug-likeness (QED) is 0.0260. The fourth-order valence-electron chi connectivity index (χ4n) is 11.2. The summed E-state index contributed by atoms with van der Waals surface area (Å²) >= 11 is 13.2. The predicted octanol–water partition coefficient (Wildman–Crippen LogP) is 11.3. The Kier molecular flexibility index (Phi) is 16.8. The Bertz CT molecular complexity index is 3190. The lowest BCUT2D eigenvalue weighted by Crippen LogP contribution is -2.35. The Hall–Kier alpha value is -7.07. The van der Waals surface area contributed by atoms with Gasteiger partial charge in [0.1, 0.15) is 22.3 Å². The van der Waals surface area contributed by atoms with E-state index < -0.39 is 29.7 Å². The molecule has 17 heteroatoms. The number of para-hydroxylation sites is 1. The molecule has 0 radical (unpaired) electrons. The van der Waals surface area contributed by atoms with Crippen molar-refractivity contribution in [1.29, 1.82) is 0 Å². The van der Waals surface area contributed by atoms with Crippen molar-refractivity contribution in [3.8, 4) is 28.7 Å². The number of rotatable bonds is 21. The van der Waals surface area contributed by atoms with Crippen LogP contribution in [0.25, 0.3) is 10.9 Å². The van der Waals surface area contributed by atoms with Crippen LogP contribution in [0.15, 0.2) is 84.9 Å². The summed E-state index contributed by atoms with van der Waals surface area (Å²) in [6, 6.07) is 25.2. The molecule has 5 aromatic carbocycles. The zero-order valence-corrected chi connectivity index (χ0v) is 45.0. The number of methoxy groups -OCH3 is 1. The van der Waals surface area contributed by atoms with Gasteiger partial charge in [0.15, 0.2) is 34.4 Å². The number of hydrogen-bond acceptors (Lipinski definition) is 11. The van der Waals surface area contributed by atoms with E-state index >= 15 is 0 Å². The van der Waals surface area contributed by atoms with Crippen molar-refractivity contribution in [3.63, 3.8) is 0 Å². The topological polar surface area (TPSA) is 206 Å². The fourth-order valence-corrected chi connectivity index (χ4v) is 11.7. The number of fused-ring (bicyclic) bond motifs is 7. The number of halogens is 2. The number of anilines is 1. The van der Waals surface area contributed by atoms with Crippen molar-refractivity contribution in [1.82, 2.24) is 15.2 Å². The Balaban J connectivity index is 0.703. The largest absolute Gasteiger partial charge is 0.506 e. The summed E-state index contributed by atoms with van der Waals surface area (Å²) in [5.74, 6) is -2.16. The number of aryl methyl sites for hydroxylation is 1. The van der Waals surface area contributed by atoms with E-state index in [0.29, 0.717) is 37.3 Å². The van der Waals surface area contributed by atoms with Crippen LogP contribution in [0.4, 0.5) is 5.69 Å². The monoisotopic (exact) mass is 1090 g/mol. The van der Waals surface area contributed by atoms with Crippen LogP contribution in [0.2, 0.25) is 10.0 Å². The van der Waals surface area contributed by atoms with Crippen LogP contribution in [0.1, 0.15) is 143 Å². The summed E-state index contributed by atoms with van der Waals surface area (Å²) < 4.78 is 19.5. The summed E-state index contributed by atoms with van der Waals surface area (Å²) in [6.07, 6.45) is 9.68. The van der Waals surface area contributed by atoms with Crippen LogP contribution in [-0.4, -0.2) is 76.1 Å². The number of benzene rings is 5. The number of aromatic hydroxyl groups is 2. The minimum Gasteiger partial charge on any atom is -0.506 e. The van der Waals surface area contributed by atoms with Crippen molar-refractivity contribution in [2.24, 2.45) is 11.8 Å². The zero-order valence-electron chi connectivity index (χ0n) is 43.5. The Morgan fingerprint density at radius 2 is 1.48 bits per heavy atom. The minimum atomic E-state index is -1.79. The first-order chi connectivity index (χ1) is 37.2. The second-order valence-corrected chi connectivity index (χ2v) is 20.9. The first kappa shape index (κ1) is 54.7. The van der Waals surface area contributed by atoms with Gasteiger partial charge in [0, 0.05) is 70.8 Å². The maximum atomic E-state index is 14.0. The van der Waals surface area contributed by atoms with Gasteiger partial charge in [-0.2, -0.15) is 0 Å². The normalized spacial score (nSPS) is 17.2. The number of nitrogens with one attached hydrogen (secondary N) is 2. The smallest absolute Gasteiger partial charge is 0.340 e. The molecule has 5 N–H and O–H groups in total. The van der Waals surface area contributed by atoms with Gasteiger partial charge in [-0.3, -0.25) is 19.2 Å². The van der Waals surface area contributed by atoms with Gasteiger partial charge in [0.05, 0.1) is 30.5 Å². The molecule has 9 rings (SSSR count). The van der Waals surface area contributed by atoms with Crippen LogP contribution < -0.4 is 25.0 Å². The lowest BCUT2D eigenvalue weighted by atomic mass is 9.76. The van der Waals surface area contributed by atoms with Gasteiger partial charge < -0.3 is 49.6 Å². The highest BCUT2D eigenvalue weighted by atomic mass is 35.5. The van der Waals surface area contributed by atoms with E-state index in [4.69, 9.17) is 37.4 Å². The average Bonchev–Trinajstić information content (AvgIpc) is 4.02. The van der Waals surface area contributed by atoms with Crippen molar-refractivity contribution < 1.29 is 53.5 Å². The molecule has 15 nitrogen and oxygen atoms in total. The number of carbonyl (C=O) groups is 5. The molecule has 3 aliphatic rings. The number of amides is 3. The van der Waals surface area contributed by atoms with Crippen molar-refractivity contribution in [2.45, 2.75) is 110 Å². The van der Waals surface area contributed by atoms with E-state index in [9.17, 15) is 39.3 Å². The van der Waals surface area contributed by atoms with Crippen molar-refractivity contribution in [2.75, 3.05) is 31.6 Å². The maximum Gasteiger partial charge on any atom is 0.340 e. The molecule has 1 atom stereocenters. The summed E-state index contributed by atoms with van der Waals surface area (Å²) in [4.78, 5) is 70.0. The van der Waals surface area contributed by atoms with Gasteiger partial charge >= 0.3 is 5.97 Å². The second-order valence-electron chi connectivity index (χ2n) is 20.1.